The fourth-order valence-corrected chi connectivity index (χ4v) is 4.12. The lowest BCUT2D eigenvalue weighted by Crippen LogP contribution is -2.32. The largest absolute Gasteiger partial charge is 0.384 e. The van der Waals surface area contributed by atoms with E-state index < -0.39 is 10.0 Å². The molecule has 2 rings (SSSR count). The van der Waals surface area contributed by atoms with E-state index in [-0.39, 0.29) is 18.4 Å². The highest BCUT2D eigenvalue weighted by molar-refractivity contribution is 7.92. The highest BCUT2D eigenvalue weighted by atomic mass is 32.2. The van der Waals surface area contributed by atoms with Gasteiger partial charge in [-0.25, -0.2) is 8.42 Å². The molecule has 0 aromatic heterocycles. The third-order valence-electron chi connectivity index (χ3n) is 3.85. The highest BCUT2D eigenvalue weighted by Crippen LogP contribution is 2.32. The van der Waals surface area contributed by atoms with Crippen molar-refractivity contribution in [1.29, 1.82) is 0 Å². The molecule has 5 nitrogen and oxygen atoms in total. The molecular weight excluding hydrogens is 288 g/mol. The van der Waals surface area contributed by atoms with Crippen LogP contribution in [0.5, 0.6) is 0 Å². The van der Waals surface area contributed by atoms with Crippen LogP contribution in [0.1, 0.15) is 31.0 Å². The fraction of sp³-hybridized carbons (Fsp3) is 0.600. The van der Waals surface area contributed by atoms with Crippen LogP contribution >= 0.6 is 0 Å². The molecule has 6 heteroatoms. The minimum atomic E-state index is -3.29. The smallest absolute Gasteiger partial charge is 0.237 e. The van der Waals surface area contributed by atoms with E-state index in [9.17, 15) is 8.42 Å². The Morgan fingerprint density at radius 1 is 1.43 bits per heavy atom. The van der Waals surface area contributed by atoms with Gasteiger partial charge in [-0.15, -0.1) is 0 Å². The van der Waals surface area contributed by atoms with Gasteiger partial charge in [-0.1, -0.05) is 19.1 Å². The maximum Gasteiger partial charge on any atom is 0.237 e. The predicted molar refractivity (Wildman–Crippen MR) is 85.2 cm³/mol. The average molecular weight is 312 g/mol. The molecule has 1 unspecified atom stereocenters. The van der Waals surface area contributed by atoms with Gasteiger partial charge in [0.15, 0.2) is 0 Å². The molecule has 1 N–H and O–H groups in total. The molecule has 1 aliphatic rings. The van der Waals surface area contributed by atoms with Crippen molar-refractivity contribution in [3.05, 3.63) is 29.3 Å². The third kappa shape index (κ3) is 3.56. The van der Waals surface area contributed by atoms with Crippen molar-refractivity contribution in [2.45, 2.75) is 26.3 Å². The third-order valence-corrected chi connectivity index (χ3v) is 5.58. The number of fused-ring (bicyclic) bond motifs is 1. The van der Waals surface area contributed by atoms with Gasteiger partial charge in [-0.2, -0.15) is 0 Å². The Balaban J connectivity index is 2.22. The molecule has 1 atom stereocenters. The van der Waals surface area contributed by atoms with Crippen molar-refractivity contribution in [1.82, 2.24) is 5.32 Å². The second-order valence-electron chi connectivity index (χ2n) is 5.30. The van der Waals surface area contributed by atoms with Crippen LogP contribution in [0.2, 0.25) is 0 Å². The lowest BCUT2D eigenvalue weighted by molar-refractivity contribution is 0.217. The molecule has 21 heavy (non-hydrogen) atoms. The number of anilines is 1. The summed E-state index contributed by atoms with van der Waals surface area (Å²) in [7, 11) is -1.77. The Labute approximate surface area is 127 Å². The first-order valence-corrected chi connectivity index (χ1v) is 8.96. The Hall–Kier alpha value is -1.11. The molecule has 0 saturated carbocycles. The summed E-state index contributed by atoms with van der Waals surface area (Å²) < 4.78 is 31.0. The molecule has 0 saturated heterocycles. The average Bonchev–Trinajstić information content (AvgIpc) is 2.89. The Morgan fingerprint density at radius 3 is 2.86 bits per heavy atom. The minimum absolute atomic E-state index is 0.0263. The number of nitrogens with one attached hydrogen (secondary N) is 1. The molecule has 0 bridgehead atoms. The first-order valence-electron chi connectivity index (χ1n) is 7.35. The first-order chi connectivity index (χ1) is 9.99. The van der Waals surface area contributed by atoms with E-state index in [0.717, 1.165) is 24.2 Å². The van der Waals surface area contributed by atoms with Crippen molar-refractivity contribution in [2.75, 3.05) is 36.9 Å². The van der Waals surface area contributed by atoms with Gasteiger partial charge in [0.25, 0.3) is 0 Å². The zero-order valence-corrected chi connectivity index (χ0v) is 13.7. The van der Waals surface area contributed by atoms with Crippen LogP contribution in [0.4, 0.5) is 5.69 Å². The molecule has 0 radical (unpaired) electrons. The van der Waals surface area contributed by atoms with Gasteiger partial charge in [0.1, 0.15) is 0 Å². The van der Waals surface area contributed by atoms with E-state index in [1.165, 1.54) is 17.0 Å². The number of methoxy groups -OCH3 is 1. The van der Waals surface area contributed by atoms with E-state index >= 15 is 0 Å². The molecule has 0 fully saturated rings. The molecule has 0 aliphatic carbocycles. The van der Waals surface area contributed by atoms with Gasteiger partial charge in [0.2, 0.25) is 10.0 Å². The van der Waals surface area contributed by atoms with Gasteiger partial charge in [0, 0.05) is 19.7 Å². The molecule has 118 valence electrons. The van der Waals surface area contributed by atoms with Crippen LogP contribution in [0.3, 0.4) is 0 Å². The molecule has 0 amide bonds. The van der Waals surface area contributed by atoms with Gasteiger partial charge in [-0.05, 0) is 37.1 Å². The second-order valence-corrected chi connectivity index (χ2v) is 7.31. The lowest BCUT2D eigenvalue weighted by atomic mass is 10.0. The van der Waals surface area contributed by atoms with Crippen LogP contribution in [0, 0.1) is 0 Å². The number of benzene rings is 1. The molecule has 0 spiro atoms. The molecule has 1 aliphatic heterocycles. The van der Waals surface area contributed by atoms with Crippen molar-refractivity contribution >= 4 is 15.7 Å². The highest BCUT2D eigenvalue weighted by Gasteiger charge is 2.29. The van der Waals surface area contributed by atoms with Crippen LogP contribution in [-0.4, -0.2) is 41.0 Å². The summed E-state index contributed by atoms with van der Waals surface area (Å²) in [5.74, 6) is 0.0263. The van der Waals surface area contributed by atoms with Gasteiger partial charge < -0.3 is 10.1 Å². The van der Waals surface area contributed by atoms with Gasteiger partial charge >= 0.3 is 0 Å². The van der Waals surface area contributed by atoms with E-state index in [1.807, 2.05) is 12.1 Å². The summed E-state index contributed by atoms with van der Waals surface area (Å²) in [5, 5.41) is 3.37. The maximum atomic E-state index is 12.3. The Bertz CT molecular complexity index is 587. The lowest BCUT2D eigenvalue weighted by Gasteiger charge is -2.20. The van der Waals surface area contributed by atoms with Crippen molar-refractivity contribution in [3.63, 3.8) is 0 Å². The van der Waals surface area contributed by atoms with E-state index in [4.69, 9.17) is 4.74 Å². The van der Waals surface area contributed by atoms with E-state index in [1.54, 1.807) is 0 Å². The summed E-state index contributed by atoms with van der Waals surface area (Å²) in [4.78, 5) is 0. The van der Waals surface area contributed by atoms with Crippen LogP contribution in [0.15, 0.2) is 18.2 Å². The van der Waals surface area contributed by atoms with Crippen molar-refractivity contribution in [3.8, 4) is 0 Å². The summed E-state index contributed by atoms with van der Waals surface area (Å²) in [5.41, 5.74) is 3.13. The second kappa shape index (κ2) is 6.77. The minimum Gasteiger partial charge on any atom is -0.384 e. The zero-order valence-electron chi connectivity index (χ0n) is 12.9. The SMILES string of the molecule is CCNC(C)c1ccc2c(c1)CCN2S(=O)(=O)CCOC. The van der Waals surface area contributed by atoms with Crippen molar-refractivity contribution in [2.24, 2.45) is 0 Å². The maximum absolute atomic E-state index is 12.3. The number of sulfonamides is 1. The van der Waals surface area contributed by atoms with Crippen LogP contribution in [0.25, 0.3) is 0 Å². The van der Waals surface area contributed by atoms with E-state index in [0.29, 0.717) is 6.54 Å². The zero-order chi connectivity index (χ0) is 15.5. The number of hydrogen-bond acceptors (Lipinski definition) is 4. The number of hydrogen-bond donors (Lipinski definition) is 1. The first kappa shape index (κ1) is 16.3. The fourth-order valence-electron chi connectivity index (χ4n) is 2.67. The van der Waals surface area contributed by atoms with Gasteiger partial charge in [-0.3, -0.25) is 4.31 Å². The summed E-state index contributed by atoms with van der Waals surface area (Å²) in [6.07, 6.45) is 0.772. The molecule has 1 aromatic carbocycles. The summed E-state index contributed by atoms with van der Waals surface area (Å²) in [6, 6.07) is 6.33. The molecule has 1 heterocycles. The monoisotopic (exact) mass is 312 g/mol. The standard InChI is InChI=1S/C15H24N2O3S/c1-4-16-12(2)13-5-6-15-14(11-13)7-8-17(15)21(18,19)10-9-20-3/h5-6,11-12,16H,4,7-10H2,1-3H3. The van der Waals surface area contributed by atoms with Crippen molar-refractivity contribution < 1.29 is 13.2 Å². The topological polar surface area (TPSA) is 58.6 Å². The molecular formula is C15H24N2O3S. The van der Waals surface area contributed by atoms with Gasteiger partial charge in [0.05, 0.1) is 18.0 Å². The Morgan fingerprint density at radius 2 is 2.19 bits per heavy atom. The predicted octanol–water partition coefficient (Wildman–Crippen LogP) is 1.70. The van der Waals surface area contributed by atoms with E-state index in [2.05, 4.69) is 25.2 Å². The normalized spacial score (nSPS) is 16.0. The quantitative estimate of drug-likeness (QED) is 0.832. The summed E-state index contributed by atoms with van der Waals surface area (Å²) >= 11 is 0. The van der Waals surface area contributed by atoms with Crippen LogP contribution < -0.4 is 9.62 Å². The number of ether oxygens (including phenoxy) is 1. The van der Waals surface area contributed by atoms with Crippen LogP contribution in [-0.2, 0) is 21.2 Å². The number of rotatable bonds is 7. The summed E-state index contributed by atoms with van der Waals surface area (Å²) in [6.45, 7) is 5.86. The molecule has 1 aromatic rings. The number of nitrogens with zero attached hydrogens (tertiary/aromatic N) is 1. The Kier molecular flexibility index (Phi) is 5.24.